The van der Waals surface area contributed by atoms with Crippen LogP contribution in [0.3, 0.4) is 0 Å². The minimum absolute atomic E-state index is 0.0193. The van der Waals surface area contributed by atoms with Gasteiger partial charge in [0, 0.05) is 43.3 Å². The van der Waals surface area contributed by atoms with Gasteiger partial charge in [0.05, 0.1) is 18.3 Å². The van der Waals surface area contributed by atoms with Crippen molar-refractivity contribution in [1.29, 1.82) is 0 Å². The van der Waals surface area contributed by atoms with Crippen LogP contribution < -0.4 is 10.5 Å². The smallest absolute Gasteiger partial charge is 0.262 e. The molecule has 1 saturated heterocycles. The van der Waals surface area contributed by atoms with Gasteiger partial charge in [-0.05, 0) is 54.7 Å². The molecule has 0 bridgehead atoms. The first kappa shape index (κ1) is 21.4. The first-order chi connectivity index (χ1) is 16.7. The minimum atomic E-state index is -0.292. The normalized spacial score (nSPS) is 18.9. The van der Waals surface area contributed by atoms with E-state index in [9.17, 15) is 9.18 Å². The molecule has 1 fully saturated rings. The molecule has 0 saturated carbocycles. The standard InChI is InChI=1S/C26H26FN5OS/c27-19-5-3-4-18(14-19)16-32-17-29-25-24(26(32)33)21-8-7-20(15-22(21)34-25)30-10-12-31(13-11-30)23-6-1-2-9-28-23/h1-6,9,14,17,20H,7-8,10-13,15-16H2/t20-/m1/s1. The summed E-state index contributed by atoms with van der Waals surface area (Å²) in [6, 6.07) is 13.0. The molecule has 1 aliphatic heterocycles. The molecule has 2 aliphatic rings. The SMILES string of the molecule is O=c1c2c3c(sc2ncn1Cc1cccc(F)c1)C[C@H](N1CCN(c2ccccn2)CC1)CC3. The number of hydrogen-bond donors (Lipinski definition) is 0. The van der Waals surface area contributed by atoms with E-state index < -0.39 is 0 Å². The van der Waals surface area contributed by atoms with Crippen LogP contribution in [0.5, 0.6) is 0 Å². The van der Waals surface area contributed by atoms with E-state index >= 15 is 0 Å². The Balaban J connectivity index is 1.19. The van der Waals surface area contributed by atoms with Crippen LogP contribution in [0.25, 0.3) is 10.2 Å². The number of aryl methyl sites for hydroxylation is 1. The fraction of sp³-hybridized carbons (Fsp3) is 0.346. The van der Waals surface area contributed by atoms with Gasteiger partial charge >= 0.3 is 0 Å². The maximum absolute atomic E-state index is 13.6. The van der Waals surface area contributed by atoms with E-state index in [-0.39, 0.29) is 11.4 Å². The number of hydrogen-bond acceptors (Lipinski definition) is 6. The number of piperazine rings is 1. The predicted octanol–water partition coefficient (Wildman–Crippen LogP) is 3.72. The first-order valence-electron chi connectivity index (χ1n) is 11.8. The Kier molecular flexibility index (Phi) is 5.63. The highest BCUT2D eigenvalue weighted by Crippen LogP contribution is 2.35. The highest BCUT2D eigenvalue weighted by atomic mass is 32.1. The molecular formula is C26H26FN5OS. The molecule has 1 aliphatic carbocycles. The number of pyridine rings is 1. The van der Waals surface area contributed by atoms with Gasteiger partial charge in [-0.15, -0.1) is 11.3 Å². The molecular weight excluding hydrogens is 449 g/mol. The average Bonchev–Trinajstić information content (AvgIpc) is 3.25. The summed E-state index contributed by atoms with van der Waals surface area (Å²) >= 11 is 1.66. The van der Waals surface area contributed by atoms with E-state index in [1.165, 1.54) is 22.6 Å². The Hall–Kier alpha value is -3.10. The number of benzene rings is 1. The van der Waals surface area contributed by atoms with Crippen molar-refractivity contribution >= 4 is 27.4 Å². The fourth-order valence-electron chi connectivity index (χ4n) is 5.30. The second-order valence-corrected chi connectivity index (χ2v) is 10.2. The van der Waals surface area contributed by atoms with Gasteiger partial charge in [-0.2, -0.15) is 0 Å². The lowest BCUT2D eigenvalue weighted by Gasteiger charge is -2.41. The number of rotatable bonds is 4. The highest BCUT2D eigenvalue weighted by Gasteiger charge is 2.30. The summed E-state index contributed by atoms with van der Waals surface area (Å²) in [5.74, 6) is 0.762. The second-order valence-electron chi connectivity index (χ2n) is 9.10. The molecule has 0 unspecified atom stereocenters. The molecule has 174 valence electrons. The number of halogens is 1. The Morgan fingerprint density at radius 1 is 1.06 bits per heavy atom. The number of nitrogens with zero attached hydrogens (tertiary/aromatic N) is 5. The lowest BCUT2D eigenvalue weighted by atomic mass is 9.91. The largest absolute Gasteiger partial charge is 0.354 e. The van der Waals surface area contributed by atoms with E-state index in [1.807, 2.05) is 24.4 Å². The number of thiophene rings is 1. The molecule has 8 heteroatoms. The van der Waals surface area contributed by atoms with Crippen molar-refractivity contribution in [2.75, 3.05) is 31.1 Å². The van der Waals surface area contributed by atoms with E-state index in [0.29, 0.717) is 12.6 Å². The Labute approximate surface area is 201 Å². The number of fused-ring (bicyclic) bond motifs is 3. The van der Waals surface area contributed by atoms with Gasteiger partial charge in [0.1, 0.15) is 16.5 Å². The second kappa shape index (κ2) is 8.92. The van der Waals surface area contributed by atoms with Gasteiger partial charge in [-0.25, -0.2) is 14.4 Å². The molecule has 6 rings (SSSR count). The third-order valence-corrected chi connectivity index (χ3v) is 8.22. The lowest BCUT2D eigenvalue weighted by molar-refractivity contribution is 0.171. The summed E-state index contributed by atoms with van der Waals surface area (Å²) < 4.78 is 15.2. The fourth-order valence-corrected chi connectivity index (χ4v) is 6.55. The third-order valence-electron chi connectivity index (χ3n) is 7.06. The van der Waals surface area contributed by atoms with E-state index in [1.54, 1.807) is 28.3 Å². The third kappa shape index (κ3) is 4.01. The van der Waals surface area contributed by atoms with Gasteiger partial charge in [-0.3, -0.25) is 14.3 Å². The van der Waals surface area contributed by atoms with Crippen LogP contribution in [-0.2, 0) is 19.4 Å². The topological polar surface area (TPSA) is 54.3 Å². The Morgan fingerprint density at radius 2 is 1.94 bits per heavy atom. The zero-order valence-corrected chi connectivity index (χ0v) is 19.7. The van der Waals surface area contributed by atoms with E-state index in [4.69, 9.17) is 0 Å². The molecule has 0 amide bonds. The zero-order chi connectivity index (χ0) is 23.1. The van der Waals surface area contributed by atoms with Crippen molar-refractivity contribution in [3.05, 3.63) is 87.2 Å². The van der Waals surface area contributed by atoms with E-state index in [0.717, 1.165) is 67.0 Å². The van der Waals surface area contributed by atoms with Gasteiger partial charge in [0.25, 0.3) is 5.56 Å². The Bertz CT molecular complexity index is 1380. The molecule has 4 heterocycles. The van der Waals surface area contributed by atoms with Crippen LogP contribution in [0.2, 0.25) is 0 Å². The van der Waals surface area contributed by atoms with Gasteiger partial charge in [-0.1, -0.05) is 18.2 Å². The van der Waals surface area contributed by atoms with Gasteiger partial charge in [0.15, 0.2) is 0 Å². The van der Waals surface area contributed by atoms with Crippen molar-refractivity contribution in [3.8, 4) is 0 Å². The molecule has 3 aromatic heterocycles. The first-order valence-corrected chi connectivity index (χ1v) is 12.6. The van der Waals surface area contributed by atoms with Crippen molar-refractivity contribution < 1.29 is 4.39 Å². The molecule has 34 heavy (non-hydrogen) atoms. The average molecular weight is 476 g/mol. The summed E-state index contributed by atoms with van der Waals surface area (Å²) in [5.41, 5.74) is 1.92. The summed E-state index contributed by atoms with van der Waals surface area (Å²) in [5, 5.41) is 0.761. The minimum Gasteiger partial charge on any atom is -0.354 e. The quantitative estimate of drug-likeness (QED) is 0.450. The molecule has 1 aromatic carbocycles. The zero-order valence-electron chi connectivity index (χ0n) is 18.9. The molecule has 0 radical (unpaired) electrons. The van der Waals surface area contributed by atoms with Crippen LogP contribution >= 0.6 is 11.3 Å². The van der Waals surface area contributed by atoms with Gasteiger partial charge < -0.3 is 4.90 Å². The number of aromatic nitrogens is 3. The van der Waals surface area contributed by atoms with Gasteiger partial charge in [0.2, 0.25) is 0 Å². The monoisotopic (exact) mass is 475 g/mol. The molecule has 0 N–H and O–H groups in total. The molecule has 1 atom stereocenters. The highest BCUT2D eigenvalue weighted by molar-refractivity contribution is 7.18. The van der Waals surface area contributed by atoms with Crippen molar-refractivity contribution in [2.45, 2.75) is 31.8 Å². The number of anilines is 1. The summed E-state index contributed by atoms with van der Waals surface area (Å²) in [6.07, 6.45) is 6.39. The van der Waals surface area contributed by atoms with Crippen LogP contribution in [0.15, 0.2) is 59.8 Å². The maximum atomic E-state index is 13.6. The van der Waals surface area contributed by atoms with E-state index in [2.05, 4.69) is 25.8 Å². The summed E-state index contributed by atoms with van der Waals surface area (Å²) in [6.45, 7) is 4.35. The van der Waals surface area contributed by atoms with Crippen LogP contribution in [0.1, 0.15) is 22.4 Å². The molecule has 6 nitrogen and oxygen atoms in total. The lowest BCUT2D eigenvalue weighted by Crippen LogP contribution is -2.51. The van der Waals surface area contributed by atoms with Crippen LogP contribution in [0, 0.1) is 5.82 Å². The van der Waals surface area contributed by atoms with Crippen LogP contribution in [0.4, 0.5) is 10.2 Å². The van der Waals surface area contributed by atoms with Crippen molar-refractivity contribution in [3.63, 3.8) is 0 Å². The summed E-state index contributed by atoms with van der Waals surface area (Å²) in [4.78, 5) is 29.5. The predicted molar refractivity (Wildman–Crippen MR) is 133 cm³/mol. The summed E-state index contributed by atoms with van der Waals surface area (Å²) in [7, 11) is 0. The van der Waals surface area contributed by atoms with Crippen LogP contribution in [-0.4, -0.2) is 51.7 Å². The van der Waals surface area contributed by atoms with Crippen molar-refractivity contribution in [2.24, 2.45) is 0 Å². The Morgan fingerprint density at radius 3 is 2.74 bits per heavy atom. The van der Waals surface area contributed by atoms with Crippen molar-refractivity contribution in [1.82, 2.24) is 19.4 Å². The molecule has 0 spiro atoms. The molecule has 4 aromatic rings. The maximum Gasteiger partial charge on any atom is 0.262 e.